The molecule has 3 aromatic carbocycles. The predicted molar refractivity (Wildman–Crippen MR) is 134 cm³/mol. The molecular formula is C30H27FN2O. The molecule has 170 valence electrons. The lowest BCUT2D eigenvalue weighted by molar-refractivity contribution is -0.129. The van der Waals surface area contributed by atoms with E-state index in [0.717, 1.165) is 64.5 Å². The first-order chi connectivity index (χ1) is 16.6. The monoisotopic (exact) mass is 450 g/mol. The van der Waals surface area contributed by atoms with Crippen molar-refractivity contribution in [3.05, 3.63) is 107 Å². The van der Waals surface area contributed by atoms with Gasteiger partial charge in [-0.3, -0.25) is 4.79 Å². The van der Waals surface area contributed by atoms with E-state index in [-0.39, 0.29) is 23.8 Å². The Bertz CT molecular complexity index is 1400. The summed E-state index contributed by atoms with van der Waals surface area (Å²) >= 11 is 0. The largest absolute Gasteiger partial charge is 0.354 e. The molecule has 0 unspecified atom stereocenters. The van der Waals surface area contributed by atoms with E-state index in [0.29, 0.717) is 0 Å². The zero-order valence-corrected chi connectivity index (χ0v) is 19.2. The molecule has 1 aliphatic heterocycles. The summed E-state index contributed by atoms with van der Waals surface area (Å²) in [6.45, 7) is 2.13. The van der Waals surface area contributed by atoms with Crippen LogP contribution in [0.5, 0.6) is 0 Å². The Labute approximate surface area is 198 Å². The Balaban J connectivity index is 1.59. The molecule has 0 spiro atoms. The summed E-state index contributed by atoms with van der Waals surface area (Å²) < 4.78 is 13.8. The summed E-state index contributed by atoms with van der Waals surface area (Å²) in [7, 11) is 0. The standard InChI is InChI=1S/C30H27FN2O/c1-19(20-9-3-2-4-10-20)33-29(23-11-5-6-12-24(23)30(33)34)27-25-13-7-8-14-26(25)32-28(27)21-15-17-22(31)18-16-21/h2-4,7-10,13-19,29,32H,5-6,11-12H2,1H3/t19-,29+/m1/s1. The maximum absolute atomic E-state index is 13.9. The van der Waals surface area contributed by atoms with E-state index < -0.39 is 0 Å². The van der Waals surface area contributed by atoms with E-state index in [4.69, 9.17) is 0 Å². The molecular weight excluding hydrogens is 423 g/mol. The number of amides is 1. The molecule has 1 N–H and O–H groups in total. The van der Waals surface area contributed by atoms with Gasteiger partial charge in [-0.2, -0.15) is 0 Å². The van der Waals surface area contributed by atoms with Gasteiger partial charge in [0.2, 0.25) is 0 Å². The molecule has 34 heavy (non-hydrogen) atoms. The zero-order chi connectivity index (χ0) is 23.2. The Hall–Kier alpha value is -3.66. The number of nitrogens with zero attached hydrogens (tertiary/aromatic N) is 1. The number of carbonyl (C=O) groups is 1. The van der Waals surface area contributed by atoms with Crippen LogP contribution in [0.3, 0.4) is 0 Å². The van der Waals surface area contributed by atoms with Gasteiger partial charge in [-0.25, -0.2) is 4.39 Å². The normalized spacial score (nSPS) is 19.1. The third-order valence-corrected chi connectivity index (χ3v) is 7.46. The van der Waals surface area contributed by atoms with Gasteiger partial charge in [0.25, 0.3) is 5.91 Å². The van der Waals surface area contributed by atoms with Gasteiger partial charge in [-0.05, 0) is 79.6 Å². The molecule has 4 aromatic rings. The number of carbonyl (C=O) groups excluding carboxylic acids is 1. The summed E-state index contributed by atoms with van der Waals surface area (Å²) in [6, 6.07) is 25.0. The molecule has 3 nitrogen and oxygen atoms in total. The Morgan fingerprint density at radius 1 is 0.912 bits per heavy atom. The number of H-pyrrole nitrogens is 1. The van der Waals surface area contributed by atoms with Crippen molar-refractivity contribution >= 4 is 16.8 Å². The van der Waals surface area contributed by atoms with Gasteiger partial charge in [0.05, 0.1) is 17.8 Å². The summed E-state index contributed by atoms with van der Waals surface area (Å²) in [5.41, 5.74) is 7.41. The molecule has 0 bridgehead atoms. The van der Waals surface area contributed by atoms with Gasteiger partial charge >= 0.3 is 0 Å². The fraction of sp³-hybridized carbons (Fsp3) is 0.233. The summed E-state index contributed by atoms with van der Waals surface area (Å²) in [5.74, 6) is -0.0968. The Morgan fingerprint density at radius 3 is 2.41 bits per heavy atom. The minimum atomic E-state index is -0.256. The first-order valence-electron chi connectivity index (χ1n) is 12.1. The van der Waals surface area contributed by atoms with Crippen molar-refractivity contribution in [2.24, 2.45) is 0 Å². The van der Waals surface area contributed by atoms with Crippen molar-refractivity contribution in [1.29, 1.82) is 0 Å². The second-order valence-electron chi connectivity index (χ2n) is 9.38. The van der Waals surface area contributed by atoms with Crippen LogP contribution < -0.4 is 0 Å². The topological polar surface area (TPSA) is 36.1 Å². The second kappa shape index (κ2) is 8.28. The van der Waals surface area contributed by atoms with Crippen molar-refractivity contribution < 1.29 is 9.18 Å². The number of hydrogen-bond acceptors (Lipinski definition) is 1. The highest BCUT2D eigenvalue weighted by atomic mass is 19.1. The lowest BCUT2D eigenvalue weighted by Crippen LogP contribution is -2.33. The van der Waals surface area contributed by atoms with E-state index in [1.807, 2.05) is 42.5 Å². The minimum Gasteiger partial charge on any atom is -0.354 e. The van der Waals surface area contributed by atoms with Crippen LogP contribution in [0.2, 0.25) is 0 Å². The number of aromatic amines is 1. The average molecular weight is 451 g/mol. The van der Waals surface area contributed by atoms with E-state index in [9.17, 15) is 9.18 Å². The Kier molecular flexibility index (Phi) is 5.09. The lowest BCUT2D eigenvalue weighted by Gasteiger charge is -2.34. The minimum absolute atomic E-state index is 0.0703. The molecule has 0 saturated heterocycles. The van der Waals surface area contributed by atoms with Crippen molar-refractivity contribution in [1.82, 2.24) is 9.88 Å². The van der Waals surface area contributed by atoms with Gasteiger partial charge in [0.1, 0.15) is 5.82 Å². The molecule has 1 aliphatic carbocycles. The van der Waals surface area contributed by atoms with E-state index in [1.54, 1.807) is 0 Å². The second-order valence-corrected chi connectivity index (χ2v) is 9.38. The fourth-order valence-electron chi connectivity index (χ4n) is 5.81. The van der Waals surface area contributed by atoms with Crippen LogP contribution in [0.4, 0.5) is 4.39 Å². The van der Waals surface area contributed by atoms with Crippen LogP contribution in [0.15, 0.2) is 90.0 Å². The summed E-state index contributed by atoms with van der Waals surface area (Å²) in [5, 5.41) is 1.12. The maximum Gasteiger partial charge on any atom is 0.251 e. The molecule has 0 fully saturated rings. The zero-order valence-electron chi connectivity index (χ0n) is 19.2. The maximum atomic E-state index is 13.9. The molecule has 6 rings (SSSR count). The van der Waals surface area contributed by atoms with Crippen molar-refractivity contribution in [3.63, 3.8) is 0 Å². The molecule has 2 atom stereocenters. The number of rotatable bonds is 4. The molecule has 1 aromatic heterocycles. The van der Waals surface area contributed by atoms with Crippen LogP contribution in [0, 0.1) is 5.82 Å². The number of benzene rings is 3. The molecule has 0 radical (unpaired) electrons. The average Bonchev–Trinajstić information content (AvgIpc) is 3.40. The smallest absolute Gasteiger partial charge is 0.251 e. The van der Waals surface area contributed by atoms with Crippen molar-refractivity contribution in [2.45, 2.75) is 44.7 Å². The van der Waals surface area contributed by atoms with Gasteiger partial charge in [0, 0.05) is 22.0 Å². The third kappa shape index (κ3) is 3.28. The van der Waals surface area contributed by atoms with Crippen LogP contribution in [0.25, 0.3) is 22.2 Å². The Morgan fingerprint density at radius 2 is 1.62 bits per heavy atom. The highest BCUT2D eigenvalue weighted by molar-refractivity contribution is 6.01. The quantitative estimate of drug-likeness (QED) is 0.343. The van der Waals surface area contributed by atoms with Gasteiger partial charge in [-0.1, -0.05) is 48.5 Å². The van der Waals surface area contributed by atoms with Crippen LogP contribution >= 0.6 is 0 Å². The number of aromatic nitrogens is 1. The van der Waals surface area contributed by atoms with Crippen LogP contribution in [-0.4, -0.2) is 15.8 Å². The van der Waals surface area contributed by atoms with Gasteiger partial charge < -0.3 is 9.88 Å². The van der Waals surface area contributed by atoms with Gasteiger partial charge in [0.15, 0.2) is 0 Å². The predicted octanol–water partition coefficient (Wildman–Crippen LogP) is 7.49. The van der Waals surface area contributed by atoms with E-state index in [1.165, 1.54) is 17.7 Å². The van der Waals surface area contributed by atoms with Crippen molar-refractivity contribution in [2.75, 3.05) is 0 Å². The van der Waals surface area contributed by atoms with E-state index >= 15 is 0 Å². The number of halogens is 1. The lowest BCUT2D eigenvalue weighted by atomic mass is 9.85. The highest BCUT2D eigenvalue weighted by Crippen LogP contribution is 2.51. The van der Waals surface area contributed by atoms with Crippen molar-refractivity contribution in [3.8, 4) is 11.3 Å². The first-order valence-corrected chi connectivity index (χ1v) is 12.1. The molecule has 1 amide bonds. The highest BCUT2D eigenvalue weighted by Gasteiger charge is 2.44. The number of nitrogens with one attached hydrogen (secondary N) is 1. The number of hydrogen-bond donors (Lipinski definition) is 1. The van der Waals surface area contributed by atoms with Gasteiger partial charge in [-0.15, -0.1) is 0 Å². The molecule has 0 saturated carbocycles. The molecule has 2 aliphatic rings. The third-order valence-electron chi connectivity index (χ3n) is 7.46. The number of fused-ring (bicyclic) bond motifs is 1. The molecule has 4 heteroatoms. The fourth-order valence-corrected chi connectivity index (χ4v) is 5.81. The van der Waals surface area contributed by atoms with E-state index in [2.05, 4.69) is 41.1 Å². The van der Waals surface area contributed by atoms with Crippen LogP contribution in [-0.2, 0) is 4.79 Å². The number of para-hydroxylation sites is 1. The SMILES string of the molecule is C[C@H](c1ccccc1)N1C(=O)C2=C(CCCC2)[C@H]1c1c(-c2ccc(F)cc2)[nH]c2ccccc12. The summed E-state index contributed by atoms with van der Waals surface area (Å²) in [6.07, 6.45) is 3.94. The summed E-state index contributed by atoms with van der Waals surface area (Å²) in [4.78, 5) is 19.6. The first kappa shape index (κ1) is 20.9. The molecule has 2 heterocycles. The van der Waals surface area contributed by atoms with Crippen LogP contribution in [0.1, 0.15) is 55.8 Å².